The molecule has 1 amide bonds. The van der Waals surface area contributed by atoms with Crippen molar-refractivity contribution in [3.05, 3.63) is 106 Å². The lowest BCUT2D eigenvalue weighted by Gasteiger charge is -2.63. The van der Waals surface area contributed by atoms with E-state index in [9.17, 15) is 39.3 Å². The Hall–Kier alpha value is -4.99. The molecule has 10 aliphatic rings. The van der Waals surface area contributed by atoms with Crippen LogP contribution in [0.25, 0.3) is 0 Å². The Bertz CT molecular complexity index is 3060. The van der Waals surface area contributed by atoms with Crippen LogP contribution in [0.3, 0.4) is 0 Å². The Morgan fingerprint density at radius 3 is 1.41 bits per heavy atom. The van der Waals surface area contributed by atoms with Crippen molar-refractivity contribution in [2.75, 3.05) is 64.6 Å². The van der Waals surface area contributed by atoms with E-state index in [1.807, 2.05) is 14.1 Å². The lowest BCUT2D eigenvalue weighted by molar-refractivity contribution is -0.228. The SMILES string of the molecule is CN(C)C(=O)OCC(=O)[C@@]12ON(c3ccc(Cl)cc3)C[C@@H]1C[C@H]1[C@@H]3C[C@H](F)C4=CC(=O)C=C[C@]4(C)[C@@]3(F)[C@@H](O)C[C@@]12C.CNC.C[C@]12C=CC(=O)C=C1[C@@H](F)C[C@H]1[C@@H]3C[C@H]4CN(c5ccc(Cl)cc5)O[C@@]4(C(=O)CO)[C@@]3(C)C[C@H](O)[C@@]12F. The highest BCUT2D eigenvalue weighted by atomic mass is 35.5. The summed E-state index contributed by atoms with van der Waals surface area (Å²) in [4.78, 5) is 78.4. The van der Waals surface area contributed by atoms with Gasteiger partial charge < -0.3 is 30.3 Å². The molecule has 82 heavy (non-hydrogen) atoms. The van der Waals surface area contributed by atoms with Crippen LogP contribution < -0.4 is 15.4 Å². The molecule has 6 saturated carbocycles. The van der Waals surface area contributed by atoms with Crippen molar-refractivity contribution in [3.63, 3.8) is 0 Å². The topological polar surface area (TPSA) is 195 Å². The summed E-state index contributed by atoms with van der Waals surface area (Å²) in [6.45, 7) is 5.96. The van der Waals surface area contributed by atoms with E-state index in [1.165, 1.54) is 43.3 Å². The smallest absolute Gasteiger partial charge is 0.409 e. The molecule has 8 fully saturated rings. The van der Waals surface area contributed by atoms with Gasteiger partial charge in [-0.2, -0.15) is 0 Å². The van der Waals surface area contributed by atoms with Gasteiger partial charge in [-0.05, 0) is 162 Å². The number of rotatable bonds is 7. The predicted molar refractivity (Wildman–Crippen MR) is 297 cm³/mol. The number of allylic oxidation sites excluding steroid dienone is 8. The van der Waals surface area contributed by atoms with E-state index in [2.05, 4.69) is 5.32 Å². The molecule has 4 N–H and O–H groups in total. The number of hydrogen-bond acceptors (Lipinski definition) is 14. The predicted octanol–water partition coefficient (Wildman–Crippen LogP) is 8.41. The van der Waals surface area contributed by atoms with Gasteiger partial charge in [0.2, 0.25) is 5.78 Å². The van der Waals surface area contributed by atoms with Gasteiger partial charge in [0, 0.05) is 69.5 Å². The van der Waals surface area contributed by atoms with Crippen LogP contribution in [0.2, 0.25) is 10.0 Å². The van der Waals surface area contributed by atoms with E-state index < -0.39 is 147 Å². The maximum atomic E-state index is 17.6. The highest BCUT2D eigenvalue weighted by Gasteiger charge is 2.82. The number of hydroxylamine groups is 2. The van der Waals surface area contributed by atoms with Crippen molar-refractivity contribution < 1.29 is 71.3 Å². The molecular formula is C61H72Cl2F4N4O11. The molecule has 444 valence electrons. The number of fused-ring (bicyclic) bond motifs is 14. The molecule has 2 saturated heterocycles. The molecular weight excluding hydrogens is 1110 g/mol. The van der Waals surface area contributed by atoms with E-state index in [0.29, 0.717) is 40.8 Å². The molecule has 2 heterocycles. The van der Waals surface area contributed by atoms with Crippen molar-refractivity contribution >= 4 is 63.8 Å². The van der Waals surface area contributed by atoms with E-state index in [0.717, 1.165) is 12.2 Å². The number of carbonyl (C=O) groups excluding carboxylic acids is 5. The molecule has 21 heteroatoms. The van der Waals surface area contributed by atoms with Gasteiger partial charge >= 0.3 is 6.09 Å². The fourth-order valence-electron chi connectivity index (χ4n) is 17.5. The Morgan fingerprint density at radius 2 is 1.05 bits per heavy atom. The molecule has 8 aliphatic carbocycles. The zero-order chi connectivity index (χ0) is 59.7. The first-order valence-electron chi connectivity index (χ1n) is 28.0. The van der Waals surface area contributed by atoms with E-state index >= 15 is 17.6 Å². The van der Waals surface area contributed by atoms with Crippen molar-refractivity contribution in [2.45, 2.75) is 113 Å². The molecule has 2 aromatic rings. The Morgan fingerprint density at radius 1 is 0.671 bits per heavy atom. The van der Waals surface area contributed by atoms with Gasteiger partial charge in [0.25, 0.3) is 0 Å². The third kappa shape index (κ3) is 8.34. The summed E-state index contributed by atoms with van der Waals surface area (Å²) in [5, 5.41) is 40.3. The van der Waals surface area contributed by atoms with Crippen molar-refractivity contribution in [1.29, 1.82) is 0 Å². The summed E-state index contributed by atoms with van der Waals surface area (Å²) in [7, 11) is 6.75. The molecule has 0 radical (unpaired) electrons. The first kappa shape index (κ1) is 60.1. The Labute approximate surface area is 484 Å². The van der Waals surface area contributed by atoms with E-state index in [1.54, 1.807) is 86.4 Å². The molecule has 2 aromatic carbocycles. The average molecular weight is 1180 g/mol. The molecule has 0 bridgehead atoms. The van der Waals surface area contributed by atoms with Crippen LogP contribution >= 0.6 is 23.2 Å². The highest BCUT2D eigenvalue weighted by molar-refractivity contribution is 6.31. The molecule has 18 atom stereocenters. The van der Waals surface area contributed by atoms with Crippen LogP contribution in [-0.2, 0) is 33.6 Å². The number of nitrogens with zero attached hydrogens (tertiary/aromatic N) is 3. The lowest BCUT2D eigenvalue weighted by Crippen LogP contribution is -2.70. The molecule has 0 unspecified atom stereocenters. The van der Waals surface area contributed by atoms with Crippen LogP contribution in [0.4, 0.5) is 33.7 Å². The largest absolute Gasteiger partial charge is 0.441 e. The van der Waals surface area contributed by atoms with Gasteiger partial charge in [-0.3, -0.25) is 39.0 Å². The van der Waals surface area contributed by atoms with Gasteiger partial charge in [0.1, 0.15) is 19.0 Å². The number of ether oxygens (including phenoxy) is 1. The second-order valence-electron chi connectivity index (χ2n) is 25.3. The number of nitrogens with one attached hydrogen (secondary N) is 1. The van der Waals surface area contributed by atoms with Crippen molar-refractivity contribution in [1.82, 2.24) is 10.2 Å². The van der Waals surface area contributed by atoms with Gasteiger partial charge in [-0.25, -0.2) is 22.4 Å². The number of carbonyl (C=O) groups is 5. The summed E-state index contributed by atoms with van der Waals surface area (Å²) in [6.07, 6.45) is 0.625. The molecule has 15 nitrogen and oxygen atoms in total. The Balaban J connectivity index is 0.000000177. The lowest BCUT2D eigenvalue weighted by atomic mass is 9.44. The summed E-state index contributed by atoms with van der Waals surface area (Å²) in [6, 6.07) is 13.9. The number of benzene rings is 2. The average Bonchev–Trinajstić information content (AvgIpc) is 1.39. The molecule has 12 rings (SSSR count). The third-order valence-electron chi connectivity index (χ3n) is 21.1. The fraction of sp³-hybridized carbons (Fsp3) is 0.590. The second kappa shape index (κ2) is 20.9. The fourth-order valence-corrected chi connectivity index (χ4v) is 17.8. The maximum absolute atomic E-state index is 17.6. The second-order valence-corrected chi connectivity index (χ2v) is 26.1. The number of amides is 1. The standard InChI is InChI=1S/C31H35ClF2N2O6.C28H30ClF2NO5.C2H7N/c1-28-10-9-20(37)12-23(28)24(33)13-22-21-11-17-15-36(19-7-5-18(32)6-8-19)42-31(17,26(39)16-41-27(40)35(3)4)29(21,2)14-25(38)30(22,28)34;1-25-8-7-18(34)10-21(25)22(30)11-20-19-9-15-13-32(17-5-3-16(29)4-6-17)37-28(15,24(36)14-33)26(19,2)12-23(35)27(20,25)31;1-3-2/h5-10,12,17,21-22,24-25,38H,11,13-16H2,1-4H3;3-8,10,15,19-20,22-23,33,35H,9,11-14H2,1-2H3;3H,1-2H3/t17-,21-,22-,24-,25-,28-,29-,30-,31-;15-,19-,20-,22-,23-,25-,26-,27-,28-;/m00./s1. The number of alkyl halides is 4. The van der Waals surface area contributed by atoms with Crippen molar-refractivity contribution in [3.8, 4) is 0 Å². The van der Waals surface area contributed by atoms with Gasteiger partial charge in [-0.1, -0.05) is 49.2 Å². The zero-order valence-electron chi connectivity index (χ0n) is 47.1. The van der Waals surface area contributed by atoms with Gasteiger partial charge in [-0.15, -0.1) is 0 Å². The minimum Gasteiger partial charge on any atom is -0.441 e. The summed E-state index contributed by atoms with van der Waals surface area (Å²) < 4.78 is 71.8. The van der Waals surface area contributed by atoms with E-state index in [4.69, 9.17) is 37.6 Å². The summed E-state index contributed by atoms with van der Waals surface area (Å²) in [5.41, 5.74) is -11.4. The minimum absolute atomic E-state index is 0.0427. The highest BCUT2D eigenvalue weighted by Crippen LogP contribution is 2.75. The summed E-state index contributed by atoms with van der Waals surface area (Å²) >= 11 is 12.1. The first-order chi connectivity index (χ1) is 38.5. The third-order valence-corrected chi connectivity index (χ3v) is 21.6. The molecule has 0 aromatic heterocycles. The van der Waals surface area contributed by atoms with Crippen LogP contribution in [0.5, 0.6) is 0 Å². The van der Waals surface area contributed by atoms with Crippen LogP contribution in [-0.4, -0.2) is 151 Å². The summed E-state index contributed by atoms with van der Waals surface area (Å²) in [5.74, 6) is -5.61. The number of hydrogen-bond donors (Lipinski definition) is 4. The number of Topliss-reactive ketones (excluding diaryl/α,β-unsaturated/α-hetero) is 2. The number of ketones is 4. The van der Waals surface area contributed by atoms with Gasteiger partial charge in [0.15, 0.2) is 46.5 Å². The van der Waals surface area contributed by atoms with E-state index in [-0.39, 0.29) is 43.4 Å². The van der Waals surface area contributed by atoms with Crippen LogP contribution in [0.15, 0.2) is 96.1 Å². The Kier molecular flexibility index (Phi) is 15.3. The number of halogens is 6. The van der Waals surface area contributed by atoms with Crippen LogP contribution in [0.1, 0.15) is 66.2 Å². The number of aliphatic hydroxyl groups excluding tert-OH is 3. The first-order valence-corrected chi connectivity index (χ1v) is 28.8. The zero-order valence-corrected chi connectivity index (χ0v) is 48.7. The van der Waals surface area contributed by atoms with Crippen molar-refractivity contribution in [2.24, 2.45) is 57.2 Å². The molecule has 2 aliphatic heterocycles. The quantitative estimate of drug-likeness (QED) is 0.193. The van der Waals surface area contributed by atoms with Gasteiger partial charge in [0.05, 0.1) is 36.7 Å². The number of aliphatic hydroxyl groups is 3. The number of anilines is 2. The normalized spacial score (nSPS) is 42.5. The van der Waals surface area contributed by atoms with Crippen LogP contribution in [0, 0.1) is 57.2 Å². The monoisotopic (exact) mass is 1180 g/mol. The molecule has 0 spiro atoms. The maximum Gasteiger partial charge on any atom is 0.409 e. The minimum atomic E-state index is -2.28.